The molecule has 0 unspecified atom stereocenters. The van der Waals surface area contributed by atoms with Gasteiger partial charge in [-0.15, -0.1) is 0 Å². The van der Waals surface area contributed by atoms with Gasteiger partial charge < -0.3 is 29.5 Å². The number of aromatic amines is 1. The van der Waals surface area contributed by atoms with Crippen molar-refractivity contribution in [2.75, 3.05) is 51.6 Å². The number of H-pyrrole nitrogens is 1. The van der Waals surface area contributed by atoms with E-state index >= 15 is 0 Å². The molecule has 1 amide bonds. The van der Waals surface area contributed by atoms with E-state index in [0.29, 0.717) is 5.69 Å². The summed E-state index contributed by atoms with van der Waals surface area (Å²) in [6.45, 7) is 1.84. The molecule has 0 aliphatic heterocycles. The number of amides is 1. The van der Waals surface area contributed by atoms with Gasteiger partial charge in [0.05, 0.1) is 24.7 Å². The summed E-state index contributed by atoms with van der Waals surface area (Å²) in [5.74, 6) is -4.79. The van der Waals surface area contributed by atoms with Gasteiger partial charge in [0.15, 0.2) is 0 Å². The number of likely N-dealkylation sites (N-methyl/N-ethyl adjacent to an activating group) is 2. The number of hydrogen-bond acceptors (Lipinski definition) is 8. The number of carboxylic acid groups (broad SMARTS) is 2. The van der Waals surface area contributed by atoms with Gasteiger partial charge in [-0.1, -0.05) is 18.2 Å². The fourth-order valence-electron chi connectivity index (χ4n) is 3.07. The first kappa shape index (κ1) is 38.0. The number of aliphatic carboxylic acids is 2. The number of ether oxygens (including phenoxy) is 2. The molecule has 2 aromatic carbocycles. The summed E-state index contributed by atoms with van der Waals surface area (Å²) < 4.78 is 74.1. The second kappa shape index (κ2) is 17.3. The van der Waals surface area contributed by atoms with Crippen molar-refractivity contribution in [3.8, 4) is 16.9 Å². The zero-order chi connectivity index (χ0) is 34.4. The summed E-state index contributed by atoms with van der Waals surface area (Å²) in [6.07, 6.45) is -7.07. The van der Waals surface area contributed by atoms with Crippen LogP contribution in [0.5, 0.6) is 5.75 Å². The van der Waals surface area contributed by atoms with Crippen LogP contribution in [-0.2, 0) is 20.9 Å². The lowest BCUT2D eigenvalue weighted by Gasteiger charge is -2.25. The SMILES string of the molecule is COc1cccc(COC(=O)Nc2ccc(-c3cn[nH]c3)cc2N(C)CCN(C)C)c1.O=C(O)C(F)(F)F.O=C(O)C(F)(F)F. The second-order valence-corrected chi connectivity index (χ2v) is 9.10. The van der Waals surface area contributed by atoms with Crippen molar-refractivity contribution < 1.29 is 60.4 Å². The van der Waals surface area contributed by atoms with E-state index in [1.165, 1.54) is 0 Å². The molecule has 12 nitrogen and oxygen atoms in total. The number of hydrogen-bond donors (Lipinski definition) is 4. The maximum Gasteiger partial charge on any atom is 0.490 e. The van der Waals surface area contributed by atoms with Crippen LogP contribution in [0.25, 0.3) is 11.1 Å². The Balaban J connectivity index is 0.000000601. The smallest absolute Gasteiger partial charge is 0.490 e. The van der Waals surface area contributed by atoms with E-state index in [4.69, 9.17) is 29.3 Å². The average Bonchev–Trinajstić information content (AvgIpc) is 3.50. The molecule has 1 heterocycles. The maximum atomic E-state index is 12.5. The molecule has 4 N–H and O–H groups in total. The third-order valence-corrected chi connectivity index (χ3v) is 5.35. The quantitative estimate of drug-likeness (QED) is 0.230. The number of alkyl halides is 6. The van der Waals surface area contributed by atoms with E-state index < -0.39 is 30.4 Å². The van der Waals surface area contributed by atoms with Gasteiger partial charge >= 0.3 is 30.4 Å². The van der Waals surface area contributed by atoms with E-state index in [1.807, 2.05) is 69.8 Å². The minimum Gasteiger partial charge on any atom is -0.497 e. The number of benzene rings is 2. The Morgan fingerprint density at radius 2 is 1.51 bits per heavy atom. The van der Waals surface area contributed by atoms with Gasteiger partial charge in [-0.3, -0.25) is 10.4 Å². The molecule has 0 aliphatic carbocycles. The number of carbonyl (C=O) groups is 3. The lowest BCUT2D eigenvalue weighted by Crippen LogP contribution is -2.29. The molecule has 0 saturated carbocycles. The number of halogens is 6. The monoisotopic (exact) mass is 651 g/mol. The number of aromatic nitrogens is 2. The van der Waals surface area contributed by atoms with Crippen LogP contribution in [0.15, 0.2) is 54.9 Å². The molecule has 0 atom stereocenters. The molecular weight excluding hydrogens is 620 g/mol. The molecule has 1 aromatic heterocycles. The average molecular weight is 652 g/mol. The molecule has 0 radical (unpaired) electrons. The summed E-state index contributed by atoms with van der Waals surface area (Å²) in [4.78, 5) is 34.5. The van der Waals surface area contributed by atoms with Crippen LogP contribution in [0.3, 0.4) is 0 Å². The first-order valence-electron chi connectivity index (χ1n) is 12.5. The fourth-order valence-corrected chi connectivity index (χ4v) is 3.07. The van der Waals surface area contributed by atoms with Crippen LogP contribution in [-0.4, -0.2) is 97.0 Å². The third kappa shape index (κ3) is 14.3. The van der Waals surface area contributed by atoms with Crippen LogP contribution in [0, 0.1) is 0 Å². The van der Waals surface area contributed by atoms with E-state index in [1.54, 1.807) is 13.3 Å². The number of methoxy groups -OCH3 is 1. The number of anilines is 2. The topological polar surface area (TPSA) is 157 Å². The van der Waals surface area contributed by atoms with Crippen LogP contribution >= 0.6 is 0 Å². The lowest BCUT2D eigenvalue weighted by molar-refractivity contribution is -0.193. The molecule has 0 bridgehead atoms. The van der Waals surface area contributed by atoms with Crippen LogP contribution in [0.4, 0.5) is 42.5 Å². The van der Waals surface area contributed by atoms with Crippen molar-refractivity contribution in [3.05, 3.63) is 60.4 Å². The lowest BCUT2D eigenvalue weighted by atomic mass is 10.1. The van der Waals surface area contributed by atoms with Gasteiger partial charge in [0.25, 0.3) is 0 Å². The Labute approximate surface area is 253 Å². The number of nitrogens with one attached hydrogen (secondary N) is 2. The summed E-state index contributed by atoms with van der Waals surface area (Å²) in [5.41, 5.74) is 4.43. The molecular formula is C27H31F6N5O7. The zero-order valence-corrected chi connectivity index (χ0v) is 24.4. The van der Waals surface area contributed by atoms with Crippen molar-refractivity contribution in [2.45, 2.75) is 19.0 Å². The van der Waals surface area contributed by atoms with Crippen molar-refractivity contribution >= 4 is 29.4 Å². The third-order valence-electron chi connectivity index (χ3n) is 5.35. The molecule has 3 aromatic rings. The summed E-state index contributed by atoms with van der Waals surface area (Å²) in [6, 6.07) is 13.3. The number of carbonyl (C=O) groups excluding carboxylic acids is 1. The minimum atomic E-state index is -5.08. The van der Waals surface area contributed by atoms with Crippen molar-refractivity contribution in [1.29, 1.82) is 0 Å². The summed E-state index contributed by atoms with van der Waals surface area (Å²) in [7, 11) is 7.68. The first-order valence-corrected chi connectivity index (χ1v) is 12.5. The molecule has 0 fully saturated rings. The highest BCUT2D eigenvalue weighted by Crippen LogP contribution is 2.31. The Bertz CT molecular complexity index is 1360. The molecule has 248 valence electrons. The highest BCUT2D eigenvalue weighted by molar-refractivity contribution is 5.91. The largest absolute Gasteiger partial charge is 0.497 e. The van der Waals surface area contributed by atoms with Gasteiger partial charge in [0.1, 0.15) is 12.4 Å². The predicted octanol–water partition coefficient (Wildman–Crippen LogP) is 5.10. The maximum absolute atomic E-state index is 12.5. The predicted molar refractivity (Wildman–Crippen MR) is 150 cm³/mol. The summed E-state index contributed by atoms with van der Waals surface area (Å²) >= 11 is 0. The normalized spacial score (nSPS) is 10.9. The van der Waals surface area contributed by atoms with Crippen LogP contribution < -0.4 is 15.0 Å². The number of nitrogens with zero attached hydrogens (tertiary/aromatic N) is 3. The molecule has 0 spiro atoms. The Morgan fingerprint density at radius 1 is 0.911 bits per heavy atom. The zero-order valence-electron chi connectivity index (χ0n) is 24.4. The second-order valence-electron chi connectivity index (χ2n) is 9.10. The minimum absolute atomic E-state index is 0.155. The Morgan fingerprint density at radius 3 is 2.00 bits per heavy atom. The van der Waals surface area contributed by atoms with Gasteiger partial charge in [-0.05, 0) is 49.5 Å². The standard InChI is InChI=1S/C23H29N5O3.2C2HF3O2/c1-27(2)10-11-28(3)22-13-18(19-14-24-25-15-19)8-9-21(22)26-23(29)31-16-17-6-5-7-20(12-17)30-4;2*3-2(4,5)1(6)7/h5-9,12-15H,10-11,16H2,1-4H3,(H,24,25)(H,26,29);2*(H,6,7). The Kier molecular flexibility index (Phi) is 14.6. The highest BCUT2D eigenvalue weighted by Gasteiger charge is 2.38. The van der Waals surface area contributed by atoms with Gasteiger partial charge in [-0.25, -0.2) is 14.4 Å². The van der Waals surface area contributed by atoms with E-state index in [9.17, 15) is 31.1 Å². The molecule has 0 aliphatic rings. The fraction of sp³-hybridized carbons (Fsp3) is 0.333. The molecule has 18 heteroatoms. The van der Waals surface area contributed by atoms with Crippen molar-refractivity contribution in [1.82, 2.24) is 15.1 Å². The van der Waals surface area contributed by atoms with Crippen LogP contribution in [0.2, 0.25) is 0 Å². The van der Waals surface area contributed by atoms with Crippen LogP contribution in [0.1, 0.15) is 5.56 Å². The number of rotatable bonds is 9. The van der Waals surface area contributed by atoms with Crippen molar-refractivity contribution in [3.63, 3.8) is 0 Å². The summed E-state index contributed by atoms with van der Waals surface area (Å²) in [5, 5.41) is 24.0. The first-order chi connectivity index (χ1) is 20.8. The molecule has 45 heavy (non-hydrogen) atoms. The van der Waals surface area contributed by atoms with Gasteiger partial charge in [0, 0.05) is 31.9 Å². The van der Waals surface area contributed by atoms with Gasteiger partial charge in [-0.2, -0.15) is 31.4 Å². The van der Waals surface area contributed by atoms with E-state index in [2.05, 4.69) is 25.3 Å². The number of carboxylic acids is 2. The molecule has 0 saturated heterocycles. The van der Waals surface area contributed by atoms with E-state index in [-0.39, 0.29) is 6.61 Å². The van der Waals surface area contributed by atoms with E-state index in [0.717, 1.165) is 41.2 Å². The van der Waals surface area contributed by atoms with Gasteiger partial charge in [0.2, 0.25) is 0 Å². The Hall–Kier alpha value is -5.00. The molecule has 3 rings (SSSR count). The highest BCUT2D eigenvalue weighted by atomic mass is 19.4. The van der Waals surface area contributed by atoms with Crippen molar-refractivity contribution in [2.24, 2.45) is 0 Å².